The molecule has 0 spiro atoms. The molecule has 3 aromatic rings. The number of aryl methyl sites for hydroxylation is 3. The lowest BCUT2D eigenvalue weighted by Crippen LogP contribution is -2.15. The third kappa shape index (κ3) is 4.24. The smallest absolute Gasteiger partial charge is 0.234 e. The first-order valence-corrected chi connectivity index (χ1v) is 8.87. The Hall–Kier alpha value is -2.67. The number of aromatic nitrogens is 4. The predicted molar refractivity (Wildman–Crippen MR) is 99.2 cm³/mol. The van der Waals surface area contributed by atoms with Crippen LogP contribution >= 0.6 is 11.8 Å². The zero-order valence-corrected chi connectivity index (χ0v) is 15.2. The highest BCUT2D eigenvalue weighted by Crippen LogP contribution is 2.20. The van der Waals surface area contributed by atoms with Crippen molar-refractivity contribution in [3.05, 3.63) is 59.2 Å². The van der Waals surface area contributed by atoms with E-state index in [0.29, 0.717) is 5.16 Å². The van der Waals surface area contributed by atoms with E-state index in [-0.39, 0.29) is 11.7 Å². The Bertz CT molecular complexity index is 889. The Labute approximate surface area is 150 Å². The minimum absolute atomic E-state index is 0.0876. The lowest BCUT2D eigenvalue weighted by atomic mass is 10.1. The summed E-state index contributed by atoms with van der Waals surface area (Å²) in [6.07, 6.45) is 0. The number of nitrogens with zero attached hydrogens (tertiary/aromatic N) is 4. The first-order valence-electron chi connectivity index (χ1n) is 7.88. The second kappa shape index (κ2) is 7.48. The molecule has 0 fully saturated rings. The number of anilines is 1. The molecule has 0 aliphatic carbocycles. The molecule has 1 heterocycles. The van der Waals surface area contributed by atoms with Gasteiger partial charge in [-0.2, -0.15) is 4.68 Å². The van der Waals surface area contributed by atoms with Crippen LogP contribution in [0.4, 0.5) is 5.69 Å². The predicted octanol–water partition coefficient (Wildman–Crippen LogP) is 3.32. The number of hydrogen-bond acceptors (Lipinski definition) is 5. The topological polar surface area (TPSA) is 72.7 Å². The van der Waals surface area contributed by atoms with E-state index in [9.17, 15) is 4.79 Å². The molecule has 0 saturated carbocycles. The summed E-state index contributed by atoms with van der Waals surface area (Å²) < 4.78 is 1.63. The van der Waals surface area contributed by atoms with Gasteiger partial charge in [0, 0.05) is 5.69 Å². The quantitative estimate of drug-likeness (QED) is 0.713. The van der Waals surface area contributed by atoms with Gasteiger partial charge in [-0.3, -0.25) is 4.79 Å². The summed E-state index contributed by atoms with van der Waals surface area (Å²) >= 11 is 1.30. The molecule has 1 N–H and O–H groups in total. The number of tetrazole rings is 1. The van der Waals surface area contributed by atoms with E-state index in [2.05, 4.69) is 20.8 Å². The molecule has 0 unspecified atom stereocenters. The maximum atomic E-state index is 12.2. The lowest BCUT2D eigenvalue weighted by Gasteiger charge is -2.09. The first kappa shape index (κ1) is 17.2. The fraction of sp³-hybridized carbons (Fsp3) is 0.222. The SMILES string of the molecule is Cc1ccc(-n2nnnc2SCC(=O)Nc2ccc(C)cc2C)cc1. The second-order valence-electron chi connectivity index (χ2n) is 5.86. The minimum Gasteiger partial charge on any atom is -0.325 e. The Balaban J connectivity index is 1.65. The van der Waals surface area contributed by atoms with Crippen LogP contribution in [-0.4, -0.2) is 31.9 Å². The van der Waals surface area contributed by atoms with Crippen LogP contribution in [0.1, 0.15) is 16.7 Å². The highest BCUT2D eigenvalue weighted by atomic mass is 32.2. The monoisotopic (exact) mass is 353 g/mol. The zero-order chi connectivity index (χ0) is 17.8. The van der Waals surface area contributed by atoms with Gasteiger partial charge in [-0.15, -0.1) is 5.10 Å². The number of amides is 1. The average molecular weight is 353 g/mol. The van der Waals surface area contributed by atoms with E-state index in [1.54, 1.807) is 4.68 Å². The van der Waals surface area contributed by atoms with Crippen LogP contribution in [-0.2, 0) is 4.79 Å². The van der Waals surface area contributed by atoms with Crippen LogP contribution in [0, 0.1) is 20.8 Å². The van der Waals surface area contributed by atoms with Crippen molar-refractivity contribution in [3.63, 3.8) is 0 Å². The average Bonchev–Trinajstić information content (AvgIpc) is 3.05. The van der Waals surface area contributed by atoms with Gasteiger partial charge in [-0.05, 0) is 55.0 Å². The second-order valence-corrected chi connectivity index (χ2v) is 6.81. The molecule has 0 bridgehead atoms. The molecule has 1 amide bonds. The number of rotatable bonds is 5. The van der Waals surface area contributed by atoms with Gasteiger partial charge in [0.25, 0.3) is 0 Å². The minimum atomic E-state index is -0.0876. The molecule has 2 aromatic carbocycles. The number of benzene rings is 2. The van der Waals surface area contributed by atoms with Gasteiger partial charge in [-0.25, -0.2) is 0 Å². The summed E-state index contributed by atoms with van der Waals surface area (Å²) in [5.41, 5.74) is 5.08. The Morgan fingerprint density at radius 3 is 2.52 bits per heavy atom. The van der Waals surface area contributed by atoms with Gasteiger partial charge in [-0.1, -0.05) is 47.2 Å². The van der Waals surface area contributed by atoms with Crippen LogP contribution in [0.15, 0.2) is 47.6 Å². The molecular weight excluding hydrogens is 334 g/mol. The molecule has 128 valence electrons. The summed E-state index contributed by atoms with van der Waals surface area (Å²) in [6.45, 7) is 6.03. The molecule has 0 saturated heterocycles. The lowest BCUT2D eigenvalue weighted by molar-refractivity contribution is -0.113. The number of nitrogens with one attached hydrogen (secondary N) is 1. The van der Waals surface area contributed by atoms with Crippen LogP contribution in [0.5, 0.6) is 0 Å². The van der Waals surface area contributed by atoms with E-state index in [0.717, 1.165) is 16.9 Å². The Morgan fingerprint density at radius 1 is 1.08 bits per heavy atom. The molecule has 7 heteroatoms. The third-order valence-electron chi connectivity index (χ3n) is 3.71. The van der Waals surface area contributed by atoms with Crippen molar-refractivity contribution in [2.45, 2.75) is 25.9 Å². The van der Waals surface area contributed by atoms with Gasteiger partial charge in [0.1, 0.15) is 0 Å². The molecular formula is C18H19N5OS. The van der Waals surface area contributed by atoms with Crippen molar-refractivity contribution >= 4 is 23.4 Å². The van der Waals surface area contributed by atoms with Gasteiger partial charge < -0.3 is 5.32 Å². The van der Waals surface area contributed by atoms with Gasteiger partial charge in [0.2, 0.25) is 11.1 Å². The van der Waals surface area contributed by atoms with Crippen molar-refractivity contribution in [3.8, 4) is 5.69 Å². The highest BCUT2D eigenvalue weighted by Gasteiger charge is 2.12. The molecule has 3 rings (SSSR count). The van der Waals surface area contributed by atoms with Crippen LogP contribution < -0.4 is 5.32 Å². The van der Waals surface area contributed by atoms with E-state index in [1.165, 1.54) is 22.9 Å². The van der Waals surface area contributed by atoms with E-state index < -0.39 is 0 Å². The summed E-state index contributed by atoms with van der Waals surface area (Å²) in [7, 11) is 0. The molecule has 0 atom stereocenters. The molecule has 6 nitrogen and oxygen atoms in total. The number of thioether (sulfide) groups is 1. The van der Waals surface area contributed by atoms with Crippen LogP contribution in [0.25, 0.3) is 5.69 Å². The van der Waals surface area contributed by atoms with Crippen LogP contribution in [0.2, 0.25) is 0 Å². The first-order chi connectivity index (χ1) is 12.0. The molecule has 25 heavy (non-hydrogen) atoms. The summed E-state index contributed by atoms with van der Waals surface area (Å²) in [5.74, 6) is 0.148. The molecule has 1 aromatic heterocycles. The number of carbonyl (C=O) groups is 1. The van der Waals surface area contributed by atoms with Gasteiger partial charge in [0.15, 0.2) is 0 Å². The largest absolute Gasteiger partial charge is 0.325 e. The fourth-order valence-corrected chi connectivity index (χ4v) is 3.08. The van der Waals surface area contributed by atoms with Crippen molar-refractivity contribution < 1.29 is 4.79 Å². The van der Waals surface area contributed by atoms with Gasteiger partial charge >= 0.3 is 0 Å². The fourth-order valence-electron chi connectivity index (χ4n) is 2.39. The van der Waals surface area contributed by atoms with Crippen molar-refractivity contribution in [2.75, 3.05) is 11.1 Å². The molecule has 0 radical (unpaired) electrons. The summed E-state index contributed by atoms with van der Waals surface area (Å²) in [6, 6.07) is 13.8. The van der Waals surface area contributed by atoms with E-state index in [4.69, 9.17) is 0 Å². The number of hydrogen-bond donors (Lipinski definition) is 1. The maximum Gasteiger partial charge on any atom is 0.234 e. The van der Waals surface area contributed by atoms with E-state index in [1.807, 2.05) is 63.2 Å². The molecule has 0 aliphatic rings. The Kier molecular flexibility index (Phi) is 5.14. The van der Waals surface area contributed by atoms with Gasteiger partial charge in [0.05, 0.1) is 11.4 Å². The van der Waals surface area contributed by atoms with E-state index >= 15 is 0 Å². The van der Waals surface area contributed by atoms with Crippen LogP contribution in [0.3, 0.4) is 0 Å². The number of carbonyl (C=O) groups excluding carboxylic acids is 1. The maximum absolute atomic E-state index is 12.2. The van der Waals surface area contributed by atoms with Crippen molar-refractivity contribution in [2.24, 2.45) is 0 Å². The standard InChI is InChI=1S/C18H19N5OS/c1-12-4-7-15(8-5-12)23-18(20-21-22-23)25-11-17(24)19-16-9-6-13(2)10-14(16)3/h4-10H,11H2,1-3H3,(H,19,24). The zero-order valence-electron chi connectivity index (χ0n) is 14.4. The summed E-state index contributed by atoms with van der Waals surface area (Å²) in [4.78, 5) is 12.2. The van der Waals surface area contributed by atoms with Crippen molar-refractivity contribution in [1.82, 2.24) is 20.2 Å². The highest BCUT2D eigenvalue weighted by molar-refractivity contribution is 7.99. The Morgan fingerprint density at radius 2 is 1.80 bits per heavy atom. The molecule has 0 aliphatic heterocycles. The third-order valence-corrected chi connectivity index (χ3v) is 4.63. The normalized spacial score (nSPS) is 10.7. The van der Waals surface area contributed by atoms with Crippen molar-refractivity contribution in [1.29, 1.82) is 0 Å². The summed E-state index contributed by atoms with van der Waals surface area (Å²) in [5, 5.41) is 15.2.